The van der Waals surface area contributed by atoms with E-state index < -0.39 is 0 Å². The number of rotatable bonds is 3. The molecule has 0 aliphatic carbocycles. The number of ether oxygens (including phenoxy) is 1. The molecule has 0 spiro atoms. The van der Waals surface area contributed by atoms with Gasteiger partial charge in [0.25, 0.3) is 0 Å². The summed E-state index contributed by atoms with van der Waals surface area (Å²) in [5.74, 6) is -0.324. The summed E-state index contributed by atoms with van der Waals surface area (Å²) in [6.07, 6.45) is 1.81. The van der Waals surface area contributed by atoms with Gasteiger partial charge >= 0.3 is 5.97 Å². The number of carbonyl (C=O) groups is 1. The number of nitrogens with zero attached hydrogens (tertiary/aromatic N) is 1. The molecule has 0 saturated carbocycles. The van der Waals surface area contributed by atoms with Crippen molar-refractivity contribution >= 4 is 5.97 Å². The molecule has 4 heteroatoms. The summed E-state index contributed by atoms with van der Waals surface area (Å²) in [7, 11) is 1.34. The van der Waals surface area contributed by atoms with Gasteiger partial charge in [-0.1, -0.05) is 6.92 Å². The zero-order valence-corrected chi connectivity index (χ0v) is 8.23. The third kappa shape index (κ3) is 2.45. The van der Waals surface area contributed by atoms with Gasteiger partial charge in [-0.15, -0.1) is 0 Å². The first-order valence-electron chi connectivity index (χ1n) is 4.36. The lowest BCUT2D eigenvalue weighted by molar-refractivity contribution is -0.141. The van der Waals surface area contributed by atoms with Crippen LogP contribution < -0.4 is 0 Å². The molecule has 1 atom stereocenters. The van der Waals surface area contributed by atoms with Crippen molar-refractivity contribution in [3.63, 3.8) is 0 Å². The Kier molecular flexibility index (Phi) is 3.45. The van der Waals surface area contributed by atoms with Crippen LogP contribution in [0.3, 0.4) is 0 Å². The maximum absolute atomic E-state index is 11.0. The molecule has 1 aromatic rings. The van der Waals surface area contributed by atoms with E-state index in [2.05, 4.69) is 9.72 Å². The second kappa shape index (κ2) is 4.60. The monoisotopic (exact) mass is 195 g/mol. The lowest BCUT2D eigenvalue weighted by Gasteiger charge is -2.10. The lowest BCUT2D eigenvalue weighted by Crippen LogP contribution is -2.07. The minimum atomic E-state index is -0.303. The van der Waals surface area contributed by atoms with E-state index in [-0.39, 0.29) is 24.1 Å². The molecule has 0 aliphatic heterocycles. The molecular weight excluding hydrogens is 182 g/mol. The average molecular weight is 195 g/mol. The Hall–Kier alpha value is -1.58. The zero-order chi connectivity index (χ0) is 10.6. The first-order chi connectivity index (χ1) is 6.65. The highest BCUT2D eigenvalue weighted by atomic mass is 16.5. The first-order valence-corrected chi connectivity index (χ1v) is 4.36. The molecule has 76 valence electrons. The molecule has 1 aromatic heterocycles. The van der Waals surface area contributed by atoms with E-state index in [1.165, 1.54) is 7.11 Å². The lowest BCUT2D eigenvalue weighted by atomic mass is 10.0. The SMILES string of the molecule is COC(=O)CC(C)c1ncccc1O. The van der Waals surface area contributed by atoms with Gasteiger partial charge in [0.1, 0.15) is 5.75 Å². The largest absolute Gasteiger partial charge is 0.506 e. The third-order valence-electron chi connectivity index (χ3n) is 1.98. The van der Waals surface area contributed by atoms with Crippen molar-refractivity contribution in [2.45, 2.75) is 19.3 Å². The maximum Gasteiger partial charge on any atom is 0.306 e. The highest BCUT2D eigenvalue weighted by molar-refractivity contribution is 5.70. The van der Waals surface area contributed by atoms with E-state index in [1.54, 1.807) is 18.3 Å². The van der Waals surface area contributed by atoms with Crippen molar-refractivity contribution < 1.29 is 14.6 Å². The fraction of sp³-hybridized carbons (Fsp3) is 0.400. The molecule has 0 radical (unpaired) electrons. The second-order valence-corrected chi connectivity index (χ2v) is 3.09. The number of esters is 1. The molecule has 0 aromatic carbocycles. The summed E-state index contributed by atoms with van der Waals surface area (Å²) >= 11 is 0. The van der Waals surface area contributed by atoms with Crippen molar-refractivity contribution in [3.8, 4) is 5.75 Å². The standard InChI is InChI=1S/C10H13NO3/c1-7(6-9(13)14-2)10-8(12)4-3-5-11-10/h3-5,7,12H,6H2,1-2H3. The summed E-state index contributed by atoms with van der Waals surface area (Å²) < 4.78 is 4.53. The van der Waals surface area contributed by atoms with E-state index in [9.17, 15) is 9.90 Å². The number of methoxy groups -OCH3 is 1. The van der Waals surface area contributed by atoms with Crippen LogP contribution in [0.25, 0.3) is 0 Å². The van der Waals surface area contributed by atoms with Gasteiger partial charge in [-0.25, -0.2) is 0 Å². The minimum absolute atomic E-state index is 0.115. The van der Waals surface area contributed by atoms with Gasteiger partial charge in [0.2, 0.25) is 0 Å². The number of hydrogen-bond donors (Lipinski definition) is 1. The predicted octanol–water partition coefficient (Wildman–Crippen LogP) is 1.45. The van der Waals surface area contributed by atoms with E-state index >= 15 is 0 Å². The van der Waals surface area contributed by atoms with Gasteiger partial charge in [0.05, 0.1) is 19.2 Å². The molecule has 0 aliphatic rings. The van der Waals surface area contributed by atoms with Crippen LogP contribution in [-0.4, -0.2) is 23.2 Å². The van der Waals surface area contributed by atoms with Gasteiger partial charge in [-0.05, 0) is 12.1 Å². The topological polar surface area (TPSA) is 59.4 Å². The van der Waals surface area contributed by atoms with Crippen LogP contribution >= 0.6 is 0 Å². The van der Waals surface area contributed by atoms with E-state index in [0.29, 0.717) is 5.69 Å². The number of carbonyl (C=O) groups excluding carboxylic acids is 1. The number of pyridine rings is 1. The van der Waals surface area contributed by atoms with Crippen molar-refractivity contribution in [2.24, 2.45) is 0 Å². The Labute approximate surface area is 82.5 Å². The summed E-state index contributed by atoms with van der Waals surface area (Å²) in [5.41, 5.74) is 0.526. The number of aromatic hydroxyl groups is 1. The Balaban J connectivity index is 2.74. The Morgan fingerprint density at radius 3 is 3.00 bits per heavy atom. The summed E-state index contributed by atoms with van der Waals surface area (Å²) in [6, 6.07) is 3.19. The van der Waals surface area contributed by atoms with Gasteiger partial charge in [-0.3, -0.25) is 9.78 Å². The quantitative estimate of drug-likeness (QED) is 0.741. The third-order valence-corrected chi connectivity index (χ3v) is 1.98. The zero-order valence-electron chi connectivity index (χ0n) is 8.23. The van der Waals surface area contributed by atoms with Gasteiger partial charge in [-0.2, -0.15) is 0 Å². The minimum Gasteiger partial charge on any atom is -0.506 e. The van der Waals surface area contributed by atoms with Crippen molar-refractivity contribution in [1.29, 1.82) is 0 Å². The van der Waals surface area contributed by atoms with Crippen LogP contribution in [0.4, 0.5) is 0 Å². The van der Waals surface area contributed by atoms with Crippen molar-refractivity contribution in [3.05, 3.63) is 24.0 Å². The van der Waals surface area contributed by atoms with Crippen LogP contribution in [-0.2, 0) is 9.53 Å². The van der Waals surface area contributed by atoms with Crippen molar-refractivity contribution in [2.75, 3.05) is 7.11 Å². The highest BCUT2D eigenvalue weighted by Crippen LogP contribution is 2.25. The van der Waals surface area contributed by atoms with E-state index in [1.807, 2.05) is 6.92 Å². The Bertz CT molecular complexity index is 325. The Morgan fingerprint density at radius 2 is 2.43 bits per heavy atom. The molecule has 0 fully saturated rings. The van der Waals surface area contributed by atoms with Gasteiger partial charge < -0.3 is 9.84 Å². The van der Waals surface area contributed by atoms with Gasteiger partial charge in [0.15, 0.2) is 0 Å². The Morgan fingerprint density at radius 1 is 1.71 bits per heavy atom. The molecular formula is C10H13NO3. The molecule has 1 heterocycles. The van der Waals surface area contributed by atoms with Crippen molar-refractivity contribution in [1.82, 2.24) is 4.98 Å². The smallest absolute Gasteiger partial charge is 0.306 e. The fourth-order valence-electron chi connectivity index (χ4n) is 1.22. The number of hydrogen-bond acceptors (Lipinski definition) is 4. The fourth-order valence-corrected chi connectivity index (χ4v) is 1.22. The van der Waals surface area contributed by atoms with Crippen LogP contribution in [0.15, 0.2) is 18.3 Å². The molecule has 0 saturated heterocycles. The molecule has 14 heavy (non-hydrogen) atoms. The summed E-state index contributed by atoms with van der Waals surface area (Å²) in [6.45, 7) is 1.82. The molecule has 1 rings (SSSR count). The van der Waals surface area contributed by atoms with Crippen LogP contribution in [0.1, 0.15) is 25.0 Å². The van der Waals surface area contributed by atoms with E-state index in [0.717, 1.165) is 0 Å². The van der Waals surface area contributed by atoms with Crippen LogP contribution in [0, 0.1) is 0 Å². The average Bonchev–Trinajstić information content (AvgIpc) is 2.18. The molecule has 1 unspecified atom stereocenters. The first kappa shape index (κ1) is 10.5. The van der Waals surface area contributed by atoms with Gasteiger partial charge in [0, 0.05) is 12.1 Å². The maximum atomic E-state index is 11.0. The molecule has 0 amide bonds. The molecule has 0 bridgehead atoms. The summed E-state index contributed by atoms with van der Waals surface area (Å²) in [4.78, 5) is 15.0. The normalized spacial score (nSPS) is 12.1. The number of aromatic nitrogens is 1. The van der Waals surface area contributed by atoms with Crippen LogP contribution in [0.2, 0.25) is 0 Å². The second-order valence-electron chi connectivity index (χ2n) is 3.09. The summed E-state index contributed by atoms with van der Waals surface area (Å²) in [5, 5.41) is 9.45. The molecule has 1 N–H and O–H groups in total. The highest BCUT2D eigenvalue weighted by Gasteiger charge is 2.15. The molecule has 4 nitrogen and oxygen atoms in total. The van der Waals surface area contributed by atoms with E-state index in [4.69, 9.17) is 0 Å². The van der Waals surface area contributed by atoms with Crippen LogP contribution in [0.5, 0.6) is 5.75 Å². The predicted molar refractivity (Wildman–Crippen MR) is 50.9 cm³/mol.